The van der Waals surface area contributed by atoms with E-state index in [1.807, 2.05) is 24.3 Å². The van der Waals surface area contributed by atoms with E-state index >= 15 is 0 Å². The Morgan fingerprint density at radius 1 is 1.06 bits per heavy atom. The van der Waals surface area contributed by atoms with Crippen molar-refractivity contribution in [2.75, 3.05) is 0 Å². The minimum Gasteiger partial charge on any atom is -0.326 e. The van der Waals surface area contributed by atoms with Gasteiger partial charge >= 0.3 is 0 Å². The zero-order valence-electron chi connectivity index (χ0n) is 9.70. The molecule has 0 unspecified atom stereocenters. The molecular formula is C14H13ClFNS. The Labute approximate surface area is 115 Å². The highest BCUT2D eigenvalue weighted by atomic mass is 35.5. The van der Waals surface area contributed by atoms with E-state index in [0.29, 0.717) is 6.54 Å². The molecule has 4 heteroatoms. The van der Waals surface area contributed by atoms with Gasteiger partial charge in [0.15, 0.2) is 0 Å². The molecular weight excluding hydrogens is 269 g/mol. The monoisotopic (exact) mass is 281 g/mol. The Bertz CT molecular complexity index is 528. The van der Waals surface area contributed by atoms with Crippen LogP contribution in [-0.2, 0) is 12.3 Å². The maximum atomic E-state index is 13.1. The summed E-state index contributed by atoms with van der Waals surface area (Å²) in [6.45, 7) is 0.355. The molecule has 2 aromatic carbocycles. The van der Waals surface area contributed by atoms with Crippen LogP contribution in [0, 0.1) is 5.82 Å². The largest absolute Gasteiger partial charge is 0.326 e. The maximum absolute atomic E-state index is 13.1. The predicted molar refractivity (Wildman–Crippen MR) is 75.3 cm³/mol. The molecule has 0 bridgehead atoms. The summed E-state index contributed by atoms with van der Waals surface area (Å²) in [6.07, 6.45) is 0. The van der Waals surface area contributed by atoms with E-state index in [2.05, 4.69) is 0 Å². The Hall–Kier alpha value is -1.03. The third kappa shape index (κ3) is 3.48. The standard InChI is InChI=1S/C14H13ClFNS/c15-12-2-5-14(6-3-12)18-9-10-1-4-13(16)7-11(10)8-17/h1-7H,8-9,17H2. The van der Waals surface area contributed by atoms with E-state index in [1.54, 1.807) is 17.8 Å². The van der Waals surface area contributed by atoms with E-state index in [4.69, 9.17) is 17.3 Å². The summed E-state index contributed by atoms with van der Waals surface area (Å²) in [7, 11) is 0. The molecule has 94 valence electrons. The van der Waals surface area contributed by atoms with Gasteiger partial charge in [-0.25, -0.2) is 4.39 Å². The lowest BCUT2D eigenvalue weighted by Crippen LogP contribution is -2.01. The van der Waals surface area contributed by atoms with Crippen molar-refractivity contribution in [3.63, 3.8) is 0 Å². The van der Waals surface area contributed by atoms with Gasteiger partial charge in [-0.3, -0.25) is 0 Å². The Morgan fingerprint density at radius 2 is 1.78 bits per heavy atom. The molecule has 0 amide bonds. The summed E-state index contributed by atoms with van der Waals surface area (Å²) >= 11 is 7.51. The van der Waals surface area contributed by atoms with Gasteiger partial charge in [-0.15, -0.1) is 11.8 Å². The van der Waals surface area contributed by atoms with Gasteiger partial charge in [-0.1, -0.05) is 17.7 Å². The third-order valence-corrected chi connectivity index (χ3v) is 3.91. The van der Waals surface area contributed by atoms with Crippen molar-refractivity contribution in [3.8, 4) is 0 Å². The van der Waals surface area contributed by atoms with E-state index in [0.717, 1.165) is 26.8 Å². The average Bonchev–Trinajstić information content (AvgIpc) is 2.39. The molecule has 0 aromatic heterocycles. The van der Waals surface area contributed by atoms with Crippen LogP contribution in [0.2, 0.25) is 5.02 Å². The Balaban J connectivity index is 2.08. The molecule has 2 aromatic rings. The first-order valence-corrected chi connectivity index (χ1v) is 6.91. The second-order valence-corrected chi connectivity index (χ2v) is 5.34. The van der Waals surface area contributed by atoms with Crippen molar-refractivity contribution in [1.82, 2.24) is 0 Å². The van der Waals surface area contributed by atoms with Crippen LogP contribution in [0.3, 0.4) is 0 Å². The zero-order valence-corrected chi connectivity index (χ0v) is 11.3. The van der Waals surface area contributed by atoms with Crippen molar-refractivity contribution >= 4 is 23.4 Å². The molecule has 2 N–H and O–H groups in total. The van der Waals surface area contributed by atoms with Crippen molar-refractivity contribution < 1.29 is 4.39 Å². The normalized spacial score (nSPS) is 10.6. The number of hydrogen-bond donors (Lipinski definition) is 1. The predicted octanol–water partition coefficient (Wildman–Crippen LogP) is 4.23. The van der Waals surface area contributed by atoms with Gasteiger partial charge in [0.05, 0.1) is 0 Å². The minimum absolute atomic E-state index is 0.240. The fraction of sp³-hybridized carbons (Fsp3) is 0.143. The zero-order chi connectivity index (χ0) is 13.0. The summed E-state index contributed by atoms with van der Waals surface area (Å²) in [5.41, 5.74) is 7.54. The quantitative estimate of drug-likeness (QED) is 0.849. The number of nitrogens with two attached hydrogens (primary N) is 1. The van der Waals surface area contributed by atoms with Crippen molar-refractivity contribution in [1.29, 1.82) is 0 Å². The lowest BCUT2D eigenvalue weighted by Gasteiger charge is -2.08. The molecule has 0 aliphatic rings. The van der Waals surface area contributed by atoms with Crippen LogP contribution >= 0.6 is 23.4 Å². The maximum Gasteiger partial charge on any atom is 0.123 e. The molecule has 0 saturated carbocycles. The molecule has 0 radical (unpaired) electrons. The van der Waals surface area contributed by atoms with Gasteiger partial charge in [0.2, 0.25) is 0 Å². The molecule has 0 saturated heterocycles. The number of hydrogen-bond acceptors (Lipinski definition) is 2. The van der Waals surface area contributed by atoms with Gasteiger partial charge in [0.1, 0.15) is 5.82 Å². The fourth-order valence-electron chi connectivity index (χ4n) is 1.62. The summed E-state index contributed by atoms with van der Waals surface area (Å²) in [5.74, 6) is 0.532. The van der Waals surface area contributed by atoms with E-state index in [1.165, 1.54) is 12.1 Å². The first-order chi connectivity index (χ1) is 8.69. The van der Waals surface area contributed by atoms with Gasteiger partial charge in [-0.05, 0) is 47.5 Å². The van der Waals surface area contributed by atoms with Crippen LogP contribution in [0.25, 0.3) is 0 Å². The van der Waals surface area contributed by atoms with Gasteiger partial charge in [0.25, 0.3) is 0 Å². The summed E-state index contributed by atoms with van der Waals surface area (Å²) in [4.78, 5) is 1.13. The Morgan fingerprint density at radius 3 is 2.44 bits per heavy atom. The summed E-state index contributed by atoms with van der Waals surface area (Å²) in [6, 6.07) is 12.4. The number of thioether (sulfide) groups is 1. The van der Waals surface area contributed by atoms with Crippen LogP contribution in [0.5, 0.6) is 0 Å². The highest BCUT2D eigenvalue weighted by Crippen LogP contribution is 2.25. The van der Waals surface area contributed by atoms with Crippen molar-refractivity contribution in [3.05, 3.63) is 64.4 Å². The molecule has 0 aliphatic carbocycles. The van der Waals surface area contributed by atoms with Crippen LogP contribution in [0.15, 0.2) is 47.4 Å². The second-order valence-electron chi connectivity index (χ2n) is 3.86. The number of benzene rings is 2. The van der Waals surface area contributed by atoms with Crippen molar-refractivity contribution in [2.45, 2.75) is 17.2 Å². The minimum atomic E-state index is -0.240. The number of halogens is 2. The van der Waals surface area contributed by atoms with Crippen LogP contribution in [0.1, 0.15) is 11.1 Å². The fourth-order valence-corrected chi connectivity index (χ4v) is 2.68. The molecule has 0 atom stereocenters. The highest BCUT2D eigenvalue weighted by Gasteiger charge is 2.04. The lowest BCUT2D eigenvalue weighted by molar-refractivity contribution is 0.624. The van der Waals surface area contributed by atoms with Gasteiger partial charge in [-0.2, -0.15) is 0 Å². The van der Waals surface area contributed by atoms with Gasteiger partial charge < -0.3 is 5.73 Å². The SMILES string of the molecule is NCc1cc(F)ccc1CSc1ccc(Cl)cc1. The second kappa shape index (κ2) is 6.23. The van der Waals surface area contributed by atoms with Crippen LogP contribution in [-0.4, -0.2) is 0 Å². The first kappa shape index (κ1) is 13.4. The topological polar surface area (TPSA) is 26.0 Å². The van der Waals surface area contributed by atoms with Gasteiger partial charge in [0, 0.05) is 22.2 Å². The Kier molecular flexibility index (Phi) is 4.64. The molecule has 2 rings (SSSR count). The molecule has 0 aliphatic heterocycles. The molecule has 0 fully saturated rings. The molecule has 18 heavy (non-hydrogen) atoms. The van der Waals surface area contributed by atoms with E-state index in [9.17, 15) is 4.39 Å². The lowest BCUT2D eigenvalue weighted by atomic mass is 10.1. The highest BCUT2D eigenvalue weighted by molar-refractivity contribution is 7.98. The van der Waals surface area contributed by atoms with Crippen molar-refractivity contribution in [2.24, 2.45) is 5.73 Å². The molecule has 0 spiro atoms. The first-order valence-electron chi connectivity index (χ1n) is 5.55. The van der Waals surface area contributed by atoms with Crippen LogP contribution < -0.4 is 5.73 Å². The van der Waals surface area contributed by atoms with E-state index in [-0.39, 0.29) is 5.82 Å². The average molecular weight is 282 g/mol. The number of rotatable bonds is 4. The third-order valence-electron chi connectivity index (χ3n) is 2.60. The molecule has 0 heterocycles. The smallest absolute Gasteiger partial charge is 0.123 e. The summed E-state index contributed by atoms with van der Waals surface area (Å²) in [5, 5.41) is 0.726. The molecule has 1 nitrogen and oxygen atoms in total. The summed E-state index contributed by atoms with van der Waals surface area (Å²) < 4.78 is 13.1. The van der Waals surface area contributed by atoms with E-state index < -0.39 is 0 Å². The van der Waals surface area contributed by atoms with Crippen LogP contribution in [0.4, 0.5) is 4.39 Å².